The largest absolute Gasteiger partial charge is 0.312 e. The zero-order chi connectivity index (χ0) is 13.8. The molecule has 100 valence electrons. The van der Waals surface area contributed by atoms with E-state index in [2.05, 4.69) is 5.10 Å². The molecule has 19 heavy (non-hydrogen) atoms. The van der Waals surface area contributed by atoms with Crippen molar-refractivity contribution < 1.29 is 4.92 Å². The summed E-state index contributed by atoms with van der Waals surface area (Å²) in [6.45, 7) is 4.08. The molecule has 0 aliphatic rings. The van der Waals surface area contributed by atoms with Gasteiger partial charge in [-0.2, -0.15) is 5.10 Å². The fourth-order valence-corrected chi connectivity index (χ4v) is 2.79. The second-order valence-electron chi connectivity index (χ2n) is 4.16. The predicted molar refractivity (Wildman–Crippen MR) is 75.5 cm³/mol. The fourth-order valence-electron chi connectivity index (χ4n) is 1.94. The van der Waals surface area contributed by atoms with Crippen LogP contribution in [-0.2, 0) is 6.54 Å². The molecule has 0 aliphatic heterocycles. The second kappa shape index (κ2) is 5.88. The maximum Gasteiger partial charge on any atom is 0.312 e. The number of aryl methyl sites for hydroxylation is 2. The van der Waals surface area contributed by atoms with Crippen LogP contribution in [0.15, 0.2) is 35.2 Å². The van der Waals surface area contributed by atoms with E-state index in [1.807, 2.05) is 30.3 Å². The molecule has 6 heteroatoms. The molecular weight excluding hydrogens is 262 g/mol. The van der Waals surface area contributed by atoms with Gasteiger partial charge >= 0.3 is 5.69 Å². The van der Waals surface area contributed by atoms with Gasteiger partial charge in [0.15, 0.2) is 0 Å². The molecule has 5 nitrogen and oxygen atoms in total. The van der Waals surface area contributed by atoms with Gasteiger partial charge in [0.2, 0.25) is 0 Å². The summed E-state index contributed by atoms with van der Waals surface area (Å²) in [5.74, 6) is 0.836. The van der Waals surface area contributed by atoms with E-state index in [4.69, 9.17) is 0 Å². The number of thioether (sulfide) groups is 1. The van der Waals surface area contributed by atoms with Gasteiger partial charge in [-0.05, 0) is 26.0 Å². The van der Waals surface area contributed by atoms with Crippen molar-refractivity contribution in [2.75, 3.05) is 5.75 Å². The Labute approximate surface area is 115 Å². The van der Waals surface area contributed by atoms with Crippen molar-refractivity contribution in [1.29, 1.82) is 0 Å². The van der Waals surface area contributed by atoms with E-state index in [9.17, 15) is 10.1 Å². The summed E-state index contributed by atoms with van der Waals surface area (Å²) < 4.78 is 1.71. The summed E-state index contributed by atoms with van der Waals surface area (Å²) >= 11 is 1.72. The minimum atomic E-state index is -0.363. The zero-order valence-electron chi connectivity index (χ0n) is 10.9. The first-order valence-electron chi connectivity index (χ1n) is 5.96. The lowest BCUT2D eigenvalue weighted by atomic mass is 10.3. The number of aromatic nitrogens is 2. The number of nitro groups is 1. The van der Waals surface area contributed by atoms with Gasteiger partial charge in [-0.25, -0.2) is 0 Å². The summed E-state index contributed by atoms with van der Waals surface area (Å²) in [5.41, 5.74) is 1.23. The van der Waals surface area contributed by atoms with Crippen LogP contribution >= 0.6 is 11.8 Å². The molecule has 0 amide bonds. The second-order valence-corrected chi connectivity index (χ2v) is 5.33. The Hall–Kier alpha value is -1.82. The Morgan fingerprint density at radius 3 is 2.58 bits per heavy atom. The van der Waals surface area contributed by atoms with E-state index >= 15 is 0 Å². The lowest BCUT2D eigenvalue weighted by Gasteiger charge is -2.03. The predicted octanol–water partition coefficient (Wildman–Crippen LogP) is 3.20. The SMILES string of the molecule is Cc1nn(CCSc2ccccc2)c(C)c1[N+](=O)[O-]. The van der Waals surface area contributed by atoms with E-state index in [-0.39, 0.29) is 10.6 Å². The van der Waals surface area contributed by atoms with Gasteiger partial charge in [-0.1, -0.05) is 18.2 Å². The molecule has 0 saturated carbocycles. The van der Waals surface area contributed by atoms with Crippen LogP contribution in [0.4, 0.5) is 5.69 Å². The van der Waals surface area contributed by atoms with Crippen LogP contribution in [0.2, 0.25) is 0 Å². The highest BCUT2D eigenvalue weighted by molar-refractivity contribution is 7.99. The average molecular weight is 277 g/mol. The summed E-state index contributed by atoms with van der Waals surface area (Å²) in [7, 11) is 0. The third kappa shape index (κ3) is 3.14. The minimum absolute atomic E-state index is 0.129. The monoisotopic (exact) mass is 277 g/mol. The van der Waals surface area contributed by atoms with Gasteiger partial charge in [0.25, 0.3) is 0 Å². The Balaban J connectivity index is 2.01. The molecule has 0 unspecified atom stereocenters. The number of rotatable bonds is 5. The minimum Gasteiger partial charge on any atom is -0.262 e. The number of benzene rings is 1. The summed E-state index contributed by atoms with van der Waals surface area (Å²) in [5, 5.41) is 15.1. The normalized spacial score (nSPS) is 10.6. The van der Waals surface area contributed by atoms with Gasteiger partial charge < -0.3 is 0 Å². The molecule has 0 saturated heterocycles. The van der Waals surface area contributed by atoms with Crippen molar-refractivity contribution >= 4 is 17.4 Å². The van der Waals surface area contributed by atoms with Crippen LogP contribution in [0.1, 0.15) is 11.4 Å². The van der Waals surface area contributed by atoms with Crippen molar-refractivity contribution in [2.24, 2.45) is 0 Å². The molecule has 0 aliphatic carbocycles. The molecule has 2 rings (SSSR count). The third-order valence-corrected chi connectivity index (χ3v) is 3.83. The van der Waals surface area contributed by atoms with Crippen LogP contribution in [0, 0.1) is 24.0 Å². The smallest absolute Gasteiger partial charge is 0.262 e. The van der Waals surface area contributed by atoms with Crippen LogP contribution in [0.5, 0.6) is 0 Å². The van der Waals surface area contributed by atoms with Gasteiger partial charge in [0, 0.05) is 10.6 Å². The maximum absolute atomic E-state index is 10.9. The van der Waals surface area contributed by atoms with Gasteiger partial charge in [-0.15, -0.1) is 11.8 Å². The van der Waals surface area contributed by atoms with Crippen molar-refractivity contribution in [3.05, 3.63) is 51.8 Å². The van der Waals surface area contributed by atoms with Gasteiger partial charge in [0.05, 0.1) is 11.5 Å². The van der Waals surface area contributed by atoms with Crippen LogP contribution in [-0.4, -0.2) is 20.5 Å². The quantitative estimate of drug-likeness (QED) is 0.478. The van der Waals surface area contributed by atoms with E-state index in [1.54, 1.807) is 30.3 Å². The first kappa shape index (κ1) is 13.6. The van der Waals surface area contributed by atoms with Crippen molar-refractivity contribution in [3.63, 3.8) is 0 Å². The highest BCUT2D eigenvalue weighted by atomic mass is 32.2. The van der Waals surface area contributed by atoms with Crippen LogP contribution < -0.4 is 0 Å². The molecule has 0 spiro atoms. The first-order valence-corrected chi connectivity index (χ1v) is 6.94. The standard InChI is InChI=1S/C13H15N3O2S/c1-10-13(16(17)18)11(2)15(14-10)8-9-19-12-6-4-3-5-7-12/h3-7H,8-9H2,1-2H3. The third-order valence-electron chi connectivity index (χ3n) is 2.84. The lowest BCUT2D eigenvalue weighted by Crippen LogP contribution is -2.05. The molecule has 1 heterocycles. The highest BCUT2D eigenvalue weighted by Crippen LogP contribution is 2.23. The highest BCUT2D eigenvalue weighted by Gasteiger charge is 2.21. The summed E-state index contributed by atoms with van der Waals surface area (Å²) in [4.78, 5) is 11.7. The first-order chi connectivity index (χ1) is 9.09. The van der Waals surface area contributed by atoms with E-state index in [0.717, 1.165) is 5.75 Å². The van der Waals surface area contributed by atoms with Gasteiger partial charge in [0.1, 0.15) is 11.4 Å². The molecule has 0 radical (unpaired) electrons. The lowest BCUT2D eigenvalue weighted by molar-refractivity contribution is -0.386. The van der Waals surface area contributed by atoms with Crippen LogP contribution in [0.3, 0.4) is 0 Å². The number of nitrogens with zero attached hydrogens (tertiary/aromatic N) is 3. The fraction of sp³-hybridized carbons (Fsp3) is 0.308. The van der Waals surface area contributed by atoms with Gasteiger partial charge in [-0.3, -0.25) is 14.8 Å². The molecular formula is C13H15N3O2S. The average Bonchev–Trinajstić information content (AvgIpc) is 2.66. The molecule has 2 aromatic rings. The molecule has 0 bridgehead atoms. The van der Waals surface area contributed by atoms with Crippen molar-refractivity contribution in [2.45, 2.75) is 25.3 Å². The van der Waals surface area contributed by atoms with Crippen LogP contribution in [0.25, 0.3) is 0 Å². The number of hydrogen-bond acceptors (Lipinski definition) is 4. The summed E-state index contributed by atoms with van der Waals surface area (Å²) in [6.07, 6.45) is 0. The van der Waals surface area contributed by atoms with Crippen molar-refractivity contribution in [1.82, 2.24) is 9.78 Å². The summed E-state index contributed by atoms with van der Waals surface area (Å²) in [6, 6.07) is 10.1. The Morgan fingerprint density at radius 2 is 2.00 bits per heavy atom. The van der Waals surface area contributed by atoms with E-state index in [0.29, 0.717) is 17.9 Å². The van der Waals surface area contributed by atoms with E-state index < -0.39 is 0 Å². The zero-order valence-corrected chi connectivity index (χ0v) is 11.7. The number of hydrogen-bond donors (Lipinski definition) is 0. The molecule has 1 aromatic carbocycles. The topological polar surface area (TPSA) is 61.0 Å². The Bertz CT molecular complexity index is 581. The molecule has 0 atom stereocenters. The molecule has 0 fully saturated rings. The molecule has 0 N–H and O–H groups in total. The molecule has 1 aromatic heterocycles. The van der Waals surface area contributed by atoms with Crippen molar-refractivity contribution in [3.8, 4) is 0 Å². The Kier molecular flexibility index (Phi) is 4.21. The Morgan fingerprint density at radius 1 is 1.32 bits per heavy atom. The maximum atomic E-state index is 10.9. The van der Waals surface area contributed by atoms with E-state index in [1.165, 1.54) is 4.90 Å².